The van der Waals surface area contributed by atoms with Crippen LogP contribution in [0.4, 0.5) is 11.6 Å². The number of nitrogens with one attached hydrogen (secondary N) is 4. The van der Waals surface area contributed by atoms with E-state index in [1.165, 1.54) is 23.5 Å². The Hall–Kier alpha value is -4.24. The minimum atomic E-state index is -0.374. The molecule has 4 N–H and O–H groups in total. The number of anilines is 2. The van der Waals surface area contributed by atoms with Gasteiger partial charge in [-0.3, -0.25) is 9.59 Å². The second-order valence-electron chi connectivity index (χ2n) is 7.49. The maximum atomic E-state index is 12.4. The first-order valence-electron chi connectivity index (χ1n) is 10.8. The van der Waals surface area contributed by atoms with Crippen molar-refractivity contribution in [3.05, 3.63) is 36.4 Å². The summed E-state index contributed by atoms with van der Waals surface area (Å²) in [4.78, 5) is 40.0. The monoisotopic (exact) mass is 540 g/mol. The van der Waals surface area contributed by atoms with Gasteiger partial charge < -0.3 is 30.1 Å². The smallest absolute Gasteiger partial charge is 0.236 e. The Morgan fingerprint density at radius 1 is 0.811 bits per heavy atom. The average Bonchev–Trinajstić information content (AvgIpc) is 3.63. The molecular formula is C22H20N8O5S2. The number of aromatic amines is 2. The normalized spacial score (nSPS) is 11.1. The van der Waals surface area contributed by atoms with Gasteiger partial charge in [-0.1, -0.05) is 23.5 Å². The Balaban J connectivity index is 1.13. The molecule has 2 aromatic carbocycles. The Kier molecular flexibility index (Phi) is 7.14. The standard InChI is InChI=1S/C22H20N8O5S2/c1-33-11-3-5-13-15(7-11)25-21(23-13)36-9-17(31)27-19-20(30-35-29-19)28-18(32)10-37-22-24-14-6-4-12(34-2)8-16(14)26-22/h3-8H,9-10H2,1-2H3,(H,23,25)(H,24,26)(H,27,29,31)(H,28,30,32). The Morgan fingerprint density at radius 2 is 1.27 bits per heavy atom. The fourth-order valence-corrected chi connectivity index (χ4v) is 4.65. The molecule has 3 heterocycles. The van der Waals surface area contributed by atoms with Crippen LogP contribution < -0.4 is 20.1 Å². The summed E-state index contributed by atoms with van der Waals surface area (Å²) in [6, 6.07) is 10.9. The molecule has 0 radical (unpaired) electrons. The molecule has 15 heteroatoms. The second-order valence-corrected chi connectivity index (χ2v) is 9.41. The number of methoxy groups -OCH3 is 2. The lowest BCUT2D eigenvalue weighted by molar-refractivity contribution is -0.114. The molecule has 0 atom stereocenters. The molecule has 5 rings (SSSR count). The van der Waals surface area contributed by atoms with Crippen LogP contribution in [0.25, 0.3) is 22.1 Å². The molecular weight excluding hydrogens is 520 g/mol. The number of fused-ring (bicyclic) bond motifs is 2. The Labute approximate surface area is 217 Å². The van der Waals surface area contributed by atoms with Gasteiger partial charge in [0.05, 0.1) is 47.8 Å². The van der Waals surface area contributed by atoms with Gasteiger partial charge >= 0.3 is 0 Å². The van der Waals surface area contributed by atoms with Crippen molar-refractivity contribution in [3.8, 4) is 11.5 Å². The fourth-order valence-electron chi connectivity index (χ4n) is 3.28. The number of thioether (sulfide) groups is 2. The lowest BCUT2D eigenvalue weighted by Crippen LogP contribution is -2.19. The molecule has 0 fully saturated rings. The van der Waals surface area contributed by atoms with Gasteiger partial charge in [0.1, 0.15) is 11.5 Å². The molecule has 0 bridgehead atoms. The van der Waals surface area contributed by atoms with Crippen molar-refractivity contribution in [1.82, 2.24) is 30.2 Å². The van der Waals surface area contributed by atoms with Crippen LogP contribution in [0, 0.1) is 0 Å². The highest BCUT2D eigenvalue weighted by Gasteiger charge is 2.17. The number of benzene rings is 2. The number of hydrogen-bond donors (Lipinski definition) is 4. The number of H-pyrrole nitrogens is 2. The molecule has 2 amide bonds. The van der Waals surface area contributed by atoms with E-state index in [4.69, 9.17) is 14.1 Å². The minimum Gasteiger partial charge on any atom is -0.497 e. The Morgan fingerprint density at radius 3 is 1.70 bits per heavy atom. The molecule has 0 spiro atoms. The summed E-state index contributed by atoms with van der Waals surface area (Å²) in [5.74, 6) is 0.768. The highest BCUT2D eigenvalue weighted by molar-refractivity contribution is 8.00. The number of amides is 2. The van der Waals surface area contributed by atoms with Crippen molar-refractivity contribution in [2.75, 3.05) is 36.4 Å². The van der Waals surface area contributed by atoms with Gasteiger partial charge in [0.25, 0.3) is 0 Å². The first-order valence-corrected chi connectivity index (χ1v) is 12.7. The zero-order valence-corrected chi connectivity index (χ0v) is 21.2. The minimum absolute atomic E-state index is 0.00845. The van der Waals surface area contributed by atoms with E-state index in [1.807, 2.05) is 36.4 Å². The number of ether oxygens (including phenoxy) is 2. The summed E-state index contributed by atoms with van der Waals surface area (Å²) < 4.78 is 15.1. The van der Waals surface area contributed by atoms with Gasteiger partial charge in [-0.15, -0.1) is 0 Å². The summed E-state index contributed by atoms with van der Waals surface area (Å²) in [5.41, 5.74) is 3.12. The molecule has 3 aromatic heterocycles. The zero-order valence-electron chi connectivity index (χ0n) is 19.5. The average molecular weight is 541 g/mol. The number of carbonyl (C=O) groups is 2. The maximum Gasteiger partial charge on any atom is 0.236 e. The van der Waals surface area contributed by atoms with Crippen LogP contribution in [0.3, 0.4) is 0 Å². The molecule has 0 unspecified atom stereocenters. The topological polar surface area (TPSA) is 173 Å². The van der Waals surface area contributed by atoms with Crippen LogP contribution in [0.1, 0.15) is 0 Å². The molecule has 5 aromatic rings. The second kappa shape index (κ2) is 10.8. The molecule has 0 saturated carbocycles. The molecule has 13 nitrogen and oxygen atoms in total. The number of rotatable bonds is 10. The SMILES string of the molecule is COc1ccc2nc(SCC(=O)Nc3nonc3NC(=O)CSc3nc4ccc(OC)cc4[nH]3)[nH]c2c1. The quantitative estimate of drug-likeness (QED) is 0.191. The van der Waals surface area contributed by atoms with Crippen molar-refractivity contribution in [2.24, 2.45) is 0 Å². The van der Waals surface area contributed by atoms with Gasteiger partial charge in [0.15, 0.2) is 10.3 Å². The lowest BCUT2D eigenvalue weighted by atomic mass is 10.3. The van der Waals surface area contributed by atoms with E-state index in [0.29, 0.717) is 21.8 Å². The first kappa shape index (κ1) is 24.5. The number of imidazole rings is 2. The summed E-state index contributed by atoms with van der Waals surface area (Å²) >= 11 is 2.42. The van der Waals surface area contributed by atoms with Crippen LogP contribution >= 0.6 is 23.5 Å². The maximum absolute atomic E-state index is 12.4. The third-order valence-corrected chi connectivity index (χ3v) is 6.77. The van der Waals surface area contributed by atoms with Gasteiger partial charge in [-0.25, -0.2) is 14.6 Å². The van der Waals surface area contributed by atoms with Gasteiger partial charge in [0.2, 0.25) is 23.5 Å². The van der Waals surface area contributed by atoms with Crippen molar-refractivity contribution in [3.63, 3.8) is 0 Å². The van der Waals surface area contributed by atoms with Crippen molar-refractivity contribution in [1.29, 1.82) is 0 Å². The summed E-state index contributed by atoms with van der Waals surface area (Å²) in [6.45, 7) is 0. The van der Waals surface area contributed by atoms with Crippen LogP contribution in [0.5, 0.6) is 11.5 Å². The number of carbonyl (C=O) groups excluding carboxylic acids is 2. The summed E-state index contributed by atoms with van der Waals surface area (Å²) in [5, 5.41) is 13.6. The van der Waals surface area contributed by atoms with Crippen molar-refractivity contribution < 1.29 is 23.7 Å². The Bertz CT molecular complexity index is 1470. The van der Waals surface area contributed by atoms with Crippen molar-refractivity contribution >= 4 is 69.0 Å². The van der Waals surface area contributed by atoms with E-state index in [-0.39, 0.29) is 35.0 Å². The van der Waals surface area contributed by atoms with Crippen LogP contribution in [-0.4, -0.2) is 67.8 Å². The predicted molar refractivity (Wildman–Crippen MR) is 138 cm³/mol. The lowest BCUT2D eigenvalue weighted by Gasteiger charge is -2.03. The van der Waals surface area contributed by atoms with Gasteiger partial charge in [-0.05, 0) is 34.6 Å². The predicted octanol–water partition coefficient (Wildman–Crippen LogP) is 3.30. The third-order valence-electron chi connectivity index (χ3n) is 5.02. The highest BCUT2D eigenvalue weighted by Crippen LogP contribution is 2.25. The molecule has 190 valence electrons. The molecule has 0 aliphatic heterocycles. The number of aromatic nitrogens is 6. The number of hydrogen-bond acceptors (Lipinski definition) is 11. The summed E-state index contributed by atoms with van der Waals surface area (Å²) in [6.07, 6.45) is 0. The molecule has 0 aliphatic carbocycles. The molecule has 0 aliphatic rings. The van der Waals surface area contributed by atoms with Crippen LogP contribution in [0.2, 0.25) is 0 Å². The van der Waals surface area contributed by atoms with E-state index < -0.39 is 0 Å². The molecule has 37 heavy (non-hydrogen) atoms. The van der Waals surface area contributed by atoms with Gasteiger partial charge in [0, 0.05) is 12.1 Å². The van der Waals surface area contributed by atoms with Crippen molar-refractivity contribution in [2.45, 2.75) is 10.3 Å². The van der Waals surface area contributed by atoms with E-state index >= 15 is 0 Å². The zero-order chi connectivity index (χ0) is 25.8. The first-order chi connectivity index (χ1) is 18.0. The van der Waals surface area contributed by atoms with Crippen LogP contribution in [-0.2, 0) is 9.59 Å². The fraction of sp³-hybridized carbons (Fsp3) is 0.182. The third kappa shape index (κ3) is 5.78. The van der Waals surface area contributed by atoms with Crippen LogP contribution in [0.15, 0.2) is 51.3 Å². The van der Waals surface area contributed by atoms with E-state index in [0.717, 1.165) is 22.1 Å². The highest BCUT2D eigenvalue weighted by atomic mass is 32.2. The van der Waals surface area contributed by atoms with E-state index in [9.17, 15) is 9.59 Å². The summed E-state index contributed by atoms with van der Waals surface area (Å²) in [7, 11) is 3.18. The van der Waals surface area contributed by atoms with E-state index in [1.54, 1.807) is 14.2 Å². The van der Waals surface area contributed by atoms with E-state index in [2.05, 4.69) is 40.9 Å². The molecule has 0 saturated heterocycles. The largest absolute Gasteiger partial charge is 0.497 e. The number of nitrogens with zero attached hydrogens (tertiary/aromatic N) is 4. The van der Waals surface area contributed by atoms with Gasteiger partial charge in [-0.2, -0.15) is 0 Å².